The number of sulfone groups is 1. The molecule has 0 spiro atoms. The van der Waals surface area contributed by atoms with Crippen LogP contribution in [0.2, 0.25) is 0 Å². The maximum atomic E-state index is 14.9. The van der Waals surface area contributed by atoms with Crippen LogP contribution >= 0.6 is 0 Å². The molecular weight excluding hydrogens is 428 g/mol. The lowest BCUT2D eigenvalue weighted by Gasteiger charge is -2.43. The van der Waals surface area contributed by atoms with Crippen molar-refractivity contribution in [2.75, 3.05) is 18.1 Å². The summed E-state index contributed by atoms with van der Waals surface area (Å²) >= 11 is 0. The Morgan fingerprint density at radius 3 is 2.68 bits per heavy atom. The lowest BCUT2D eigenvalue weighted by molar-refractivity contribution is 0.424. The molecule has 1 atom stereocenters. The Bertz CT molecular complexity index is 1320. The third kappa shape index (κ3) is 3.42. The number of hydrogen-bond donors (Lipinski definition) is 2. The Labute approximate surface area is 177 Å². The zero-order valence-corrected chi connectivity index (χ0v) is 18.1. The molecule has 8 nitrogen and oxygen atoms in total. The van der Waals surface area contributed by atoms with Gasteiger partial charge in [0.05, 0.1) is 17.5 Å². The van der Waals surface area contributed by atoms with Gasteiger partial charge in [-0.2, -0.15) is 0 Å². The maximum absolute atomic E-state index is 14.9. The number of hydrogen-bond acceptors (Lipinski definition) is 7. The summed E-state index contributed by atoms with van der Waals surface area (Å²) < 4.78 is 58.0. The van der Waals surface area contributed by atoms with Crippen LogP contribution in [0, 0.1) is 11.6 Å². The van der Waals surface area contributed by atoms with Crippen LogP contribution in [0.25, 0.3) is 11.1 Å². The van der Waals surface area contributed by atoms with E-state index < -0.39 is 31.8 Å². The van der Waals surface area contributed by atoms with Crippen LogP contribution in [0.5, 0.6) is 0 Å². The number of rotatable bonds is 3. The second-order valence-electron chi connectivity index (χ2n) is 8.15. The van der Waals surface area contributed by atoms with E-state index in [2.05, 4.69) is 25.8 Å². The molecule has 4 rings (SSSR count). The van der Waals surface area contributed by atoms with Gasteiger partial charge in [0, 0.05) is 24.4 Å². The minimum Gasteiger partial charge on any atom is -0.362 e. The number of anilines is 2. The van der Waals surface area contributed by atoms with Gasteiger partial charge in [-0.3, -0.25) is 4.99 Å². The molecule has 164 valence electrons. The summed E-state index contributed by atoms with van der Waals surface area (Å²) in [6, 6.07) is 5.35. The lowest BCUT2D eigenvalue weighted by atomic mass is 9.91. The van der Waals surface area contributed by atoms with E-state index in [0.717, 1.165) is 12.3 Å². The third-order valence-electron chi connectivity index (χ3n) is 5.55. The second kappa shape index (κ2) is 6.98. The van der Waals surface area contributed by atoms with Crippen molar-refractivity contribution >= 4 is 38.3 Å². The first-order valence-electron chi connectivity index (χ1n) is 9.42. The smallest absolute Gasteiger partial charge is 0.200 e. The first kappa shape index (κ1) is 21.2. The van der Waals surface area contributed by atoms with Crippen LogP contribution in [0.4, 0.5) is 20.3 Å². The number of pyridine rings is 1. The fraction of sp³-hybridized carbons (Fsp3) is 0.350. The van der Waals surface area contributed by atoms with Crippen LogP contribution in [0.1, 0.15) is 26.3 Å². The summed E-state index contributed by atoms with van der Waals surface area (Å²) in [5.41, 5.74) is -0.220. The van der Waals surface area contributed by atoms with Gasteiger partial charge in [-0.1, -0.05) is 5.16 Å². The van der Waals surface area contributed by atoms with Gasteiger partial charge in [0.2, 0.25) is 5.82 Å². The minimum atomic E-state index is -3.64. The highest BCUT2D eigenvalue weighted by Crippen LogP contribution is 2.37. The molecule has 0 saturated carbocycles. The zero-order valence-electron chi connectivity index (χ0n) is 17.3. The Kier molecular flexibility index (Phi) is 4.76. The summed E-state index contributed by atoms with van der Waals surface area (Å²) in [5.74, 6) is -0.976. The van der Waals surface area contributed by atoms with E-state index in [0.29, 0.717) is 11.2 Å². The Balaban J connectivity index is 1.74. The molecule has 0 unspecified atom stereocenters. The zero-order chi connectivity index (χ0) is 22.6. The van der Waals surface area contributed by atoms with Crippen molar-refractivity contribution in [1.82, 2.24) is 15.5 Å². The molecule has 0 bridgehead atoms. The summed E-state index contributed by atoms with van der Waals surface area (Å²) in [4.78, 5) is 8.06. The topological polar surface area (TPSA) is 109 Å². The fourth-order valence-electron chi connectivity index (χ4n) is 3.68. The lowest BCUT2D eigenvalue weighted by Crippen LogP contribution is -2.64. The molecule has 3 heterocycles. The summed E-state index contributed by atoms with van der Waals surface area (Å²) in [6.45, 7) is 4.75. The molecule has 1 aliphatic rings. The van der Waals surface area contributed by atoms with Crippen LogP contribution in [0.15, 0.2) is 40.0 Å². The number of aromatic nitrogens is 2. The molecule has 1 aliphatic heterocycles. The molecule has 1 aromatic carbocycles. The maximum Gasteiger partial charge on any atom is 0.200 e. The first-order valence-corrected chi connectivity index (χ1v) is 11.1. The fourth-order valence-corrected chi connectivity index (χ4v) is 5.46. The van der Waals surface area contributed by atoms with Gasteiger partial charge in [-0.15, -0.1) is 0 Å². The standard InChI is InChI=1S/C20H21F2N5O3S/c1-19(2)18(23-4)26-20(3,10-31(19,28)29)13-8-12(5-6-14(13)22)25-17-16-15(30-27-17)7-11(21)9-24-16/h5-9H,10H2,1-4H3,(H,23,26)(H,25,27)/t20-/m0/s1. The van der Waals surface area contributed by atoms with Gasteiger partial charge in [0.1, 0.15) is 22.2 Å². The van der Waals surface area contributed by atoms with Gasteiger partial charge >= 0.3 is 0 Å². The molecule has 2 aromatic heterocycles. The predicted molar refractivity (Wildman–Crippen MR) is 113 cm³/mol. The minimum absolute atomic E-state index is 0.143. The largest absolute Gasteiger partial charge is 0.362 e. The van der Waals surface area contributed by atoms with Crippen molar-refractivity contribution in [1.29, 1.82) is 0 Å². The van der Waals surface area contributed by atoms with E-state index in [4.69, 9.17) is 4.52 Å². The summed E-state index contributed by atoms with van der Waals surface area (Å²) in [5, 5.41) is 9.93. The molecule has 2 N–H and O–H groups in total. The quantitative estimate of drug-likeness (QED) is 0.631. The molecule has 1 saturated heterocycles. The van der Waals surface area contributed by atoms with E-state index in [9.17, 15) is 17.2 Å². The second-order valence-corrected chi connectivity index (χ2v) is 10.7. The van der Waals surface area contributed by atoms with Gasteiger partial charge < -0.3 is 15.2 Å². The number of benzene rings is 1. The van der Waals surface area contributed by atoms with E-state index in [1.165, 1.54) is 25.2 Å². The molecule has 0 radical (unpaired) electrons. The van der Waals surface area contributed by atoms with Crippen LogP contribution < -0.4 is 10.6 Å². The van der Waals surface area contributed by atoms with E-state index in [1.807, 2.05) is 0 Å². The first-order chi connectivity index (χ1) is 14.5. The summed E-state index contributed by atoms with van der Waals surface area (Å²) in [7, 11) is -2.15. The van der Waals surface area contributed by atoms with Crippen LogP contribution in [-0.2, 0) is 15.4 Å². The highest BCUT2D eigenvalue weighted by molar-refractivity contribution is 7.93. The highest BCUT2D eigenvalue weighted by atomic mass is 32.2. The molecule has 3 aromatic rings. The van der Waals surface area contributed by atoms with E-state index in [1.54, 1.807) is 20.8 Å². The molecule has 0 aliphatic carbocycles. The Morgan fingerprint density at radius 1 is 1.23 bits per heavy atom. The number of fused-ring (bicyclic) bond motifs is 1. The number of aliphatic imine (C=N–C) groups is 1. The van der Waals surface area contributed by atoms with Crippen LogP contribution in [-0.4, -0.2) is 41.9 Å². The molecule has 1 fully saturated rings. The number of amidine groups is 1. The third-order valence-corrected chi connectivity index (χ3v) is 8.25. The van der Waals surface area contributed by atoms with Gasteiger partial charge in [-0.05, 0) is 39.0 Å². The Hall–Kier alpha value is -3.08. The molecule has 31 heavy (non-hydrogen) atoms. The monoisotopic (exact) mass is 449 g/mol. The van der Waals surface area contributed by atoms with Crippen LogP contribution in [0.3, 0.4) is 0 Å². The SMILES string of the molecule is C/N=C1/N[C@](C)(c2cc(Nc3noc4cc(F)cnc34)ccc2F)CS(=O)(=O)C1(C)C. The summed E-state index contributed by atoms with van der Waals surface area (Å²) in [6.07, 6.45) is 1.03. The predicted octanol–water partition coefficient (Wildman–Crippen LogP) is 3.28. The van der Waals surface area contributed by atoms with E-state index in [-0.39, 0.29) is 28.6 Å². The normalized spacial score (nSPS) is 23.6. The molecule has 11 heteroatoms. The van der Waals surface area contributed by atoms with Crippen molar-refractivity contribution in [2.24, 2.45) is 4.99 Å². The molecular formula is C20H21F2N5O3S. The van der Waals surface area contributed by atoms with Gasteiger partial charge in [0.15, 0.2) is 20.9 Å². The average molecular weight is 449 g/mol. The van der Waals surface area contributed by atoms with Gasteiger partial charge in [-0.25, -0.2) is 22.2 Å². The van der Waals surface area contributed by atoms with Crippen molar-refractivity contribution in [3.63, 3.8) is 0 Å². The van der Waals surface area contributed by atoms with Crippen molar-refractivity contribution in [2.45, 2.75) is 31.1 Å². The van der Waals surface area contributed by atoms with E-state index >= 15 is 0 Å². The van der Waals surface area contributed by atoms with Crippen molar-refractivity contribution in [3.8, 4) is 0 Å². The number of nitrogens with one attached hydrogen (secondary N) is 2. The number of nitrogens with zero attached hydrogens (tertiary/aromatic N) is 3. The van der Waals surface area contributed by atoms with Crippen molar-refractivity contribution < 1.29 is 21.7 Å². The highest BCUT2D eigenvalue weighted by Gasteiger charge is 2.51. The number of halogens is 2. The Morgan fingerprint density at radius 2 is 1.97 bits per heavy atom. The average Bonchev–Trinajstić information content (AvgIpc) is 3.07. The molecule has 0 amide bonds. The van der Waals surface area contributed by atoms with Crippen molar-refractivity contribution in [3.05, 3.63) is 47.7 Å². The van der Waals surface area contributed by atoms with Gasteiger partial charge in [0.25, 0.3) is 0 Å².